The van der Waals surface area contributed by atoms with Crippen LogP contribution in [0, 0.1) is 23.5 Å². The topological polar surface area (TPSA) is 95.8 Å². The van der Waals surface area contributed by atoms with E-state index in [0.717, 1.165) is 19.2 Å². The molecule has 0 bridgehead atoms. The summed E-state index contributed by atoms with van der Waals surface area (Å²) in [5.41, 5.74) is 0.756. The minimum absolute atomic E-state index is 0.0308. The van der Waals surface area contributed by atoms with Crippen molar-refractivity contribution in [1.82, 2.24) is 14.9 Å². The van der Waals surface area contributed by atoms with Gasteiger partial charge >= 0.3 is 5.97 Å². The molecule has 0 spiro atoms. The van der Waals surface area contributed by atoms with E-state index >= 15 is 0 Å². The van der Waals surface area contributed by atoms with Crippen molar-refractivity contribution in [3.63, 3.8) is 0 Å². The molecule has 2 N–H and O–H groups in total. The second kappa shape index (κ2) is 12.6. The van der Waals surface area contributed by atoms with Crippen LogP contribution in [-0.4, -0.2) is 63.5 Å². The summed E-state index contributed by atoms with van der Waals surface area (Å²) in [5.74, 6) is -0.582. The number of halogens is 2. The van der Waals surface area contributed by atoms with Gasteiger partial charge in [-0.3, -0.25) is 9.78 Å². The van der Waals surface area contributed by atoms with Gasteiger partial charge in [-0.05, 0) is 68.0 Å². The molecule has 37 heavy (non-hydrogen) atoms. The highest BCUT2D eigenvalue weighted by atomic mass is 32.2. The van der Waals surface area contributed by atoms with Gasteiger partial charge in [0, 0.05) is 42.4 Å². The third kappa shape index (κ3) is 6.94. The number of hydrogen-bond donors (Lipinski definition) is 2. The number of benzene rings is 1. The molecule has 1 fully saturated rings. The summed E-state index contributed by atoms with van der Waals surface area (Å²) >= 11 is 1.35. The molecule has 1 aliphatic heterocycles. The lowest BCUT2D eigenvalue weighted by atomic mass is 9.79. The van der Waals surface area contributed by atoms with Crippen molar-refractivity contribution in [3.05, 3.63) is 59.9 Å². The lowest BCUT2D eigenvalue weighted by Gasteiger charge is -2.38. The lowest BCUT2D eigenvalue weighted by Crippen LogP contribution is -2.42. The summed E-state index contributed by atoms with van der Waals surface area (Å²) in [4.78, 5) is 22.0. The summed E-state index contributed by atoms with van der Waals surface area (Å²) in [6.07, 6.45) is 3.32. The van der Waals surface area contributed by atoms with E-state index in [0.29, 0.717) is 53.4 Å². The smallest absolute Gasteiger partial charge is 0.303 e. The predicted octanol–water partition coefficient (Wildman–Crippen LogP) is 4.94. The number of ether oxygens (including phenoxy) is 1. The standard InChI is InChI=1S/C27H31F2N3O4S/c1-36-19-5-6-23-20(14-19)26(22(29)15-31-23)24(33)7-4-17-8-10-32(16-18(17)13-25(34)35)11-12-37-27-21(28)3-2-9-30-27/h2-3,5-6,9,14-15,17-18,24,33H,4,7-8,10-13,16H2,1H3,(H,34,35)/t17?,18?,24-/m1/s1. The van der Waals surface area contributed by atoms with Crippen molar-refractivity contribution < 1.29 is 28.5 Å². The van der Waals surface area contributed by atoms with Gasteiger partial charge in [0.25, 0.3) is 0 Å². The SMILES string of the molecule is COc1ccc2ncc(F)c([C@H](O)CCC3CCN(CCSc4ncccc4F)CC3CC(=O)O)c2c1. The number of carbonyl (C=O) groups is 1. The molecule has 198 valence electrons. The molecule has 0 saturated carbocycles. The van der Waals surface area contributed by atoms with Crippen LogP contribution in [-0.2, 0) is 4.79 Å². The monoisotopic (exact) mass is 531 g/mol. The van der Waals surface area contributed by atoms with Crippen LogP contribution >= 0.6 is 11.8 Å². The Bertz CT molecular complexity index is 1230. The van der Waals surface area contributed by atoms with Crippen molar-refractivity contribution in [1.29, 1.82) is 0 Å². The molecule has 0 aliphatic carbocycles. The van der Waals surface area contributed by atoms with Gasteiger partial charge in [-0.2, -0.15) is 0 Å². The number of carboxylic acid groups (broad SMARTS) is 1. The highest BCUT2D eigenvalue weighted by molar-refractivity contribution is 7.99. The van der Waals surface area contributed by atoms with Crippen LogP contribution in [0.2, 0.25) is 0 Å². The van der Waals surface area contributed by atoms with E-state index < -0.39 is 17.9 Å². The first-order chi connectivity index (χ1) is 17.9. The number of methoxy groups -OCH3 is 1. The summed E-state index contributed by atoms with van der Waals surface area (Å²) in [7, 11) is 1.52. The average Bonchev–Trinajstić information content (AvgIpc) is 2.88. The molecule has 3 aromatic rings. The number of fused-ring (bicyclic) bond motifs is 1. The van der Waals surface area contributed by atoms with E-state index in [1.165, 1.54) is 24.9 Å². The van der Waals surface area contributed by atoms with Crippen LogP contribution in [0.25, 0.3) is 10.9 Å². The Hall–Kier alpha value is -2.82. The van der Waals surface area contributed by atoms with E-state index in [2.05, 4.69) is 14.9 Å². The molecule has 0 amide bonds. The van der Waals surface area contributed by atoms with Gasteiger partial charge < -0.3 is 19.8 Å². The van der Waals surface area contributed by atoms with E-state index in [1.807, 2.05) is 0 Å². The summed E-state index contributed by atoms with van der Waals surface area (Å²) in [6.45, 7) is 2.09. The highest BCUT2D eigenvalue weighted by Crippen LogP contribution is 2.36. The maximum absolute atomic E-state index is 14.8. The first-order valence-electron chi connectivity index (χ1n) is 12.3. The van der Waals surface area contributed by atoms with Gasteiger partial charge in [0.05, 0.1) is 24.9 Å². The van der Waals surface area contributed by atoms with Crippen molar-refractivity contribution in [2.24, 2.45) is 11.8 Å². The fourth-order valence-electron chi connectivity index (χ4n) is 5.09. The zero-order chi connectivity index (χ0) is 26.4. The van der Waals surface area contributed by atoms with Gasteiger partial charge in [0.15, 0.2) is 5.82 Å². The Morgan fingerprint density at radius 2 is 2.08 bits per heavy atom. The number of aliphatic carboxylic acids is 1. The molecular weight excluding hydrogens is 500 g/mol. The van der Waals surface area contributed by atoms with Crippen molar-refractivity contribution in [2.45, 2.75) is 36.8 Å². The Balaban J connectivity index is 1.38. The van der Waals surface area contributed by atoms with Gasteiger partial charge in [-0.15, -0.1) is 11.8 Å². The van der Waals surface area contributed by atoms with Gasteiger partial charge in [-0.25, -0.2) is 13.8 Å². The first-order valence-corrected chi connectivity index (χ1v) is 13.3. The molecular formula is C27H31F2N3O4S. The Labute approximate surface area is 218 Å². The molecule has 1 aliphatic rings. The second-order valence-corrected chi connectivity index (χ2v) is 10.4. The third-order valence-electron chi connectivity index (χ3n) is 7.00. The van der Waals surface area contributed by atoms with Gasteiger partial charge in [0.2, 0.25) is 0 Å². The summed E-state index contributed by atoms with van der Waals surface area (Å²) in [6, 6.07) is 8.07. The van der Waals surface area contributed by atoms with Crippen molar-refractivity contribution >= 4 is 28.6 Å². The normalized spacial score (nSPS) is 19.1. The van der Waals surface area contributed by atoms with Crippen molar-refractivity contribution in [2.75, 3.05) is 32.5 Å². The fourth-order valence-corrected chi connectivity index (χ4v) is 5.98. The predicted molar refractivity (Wildman–Crippen MR) is 138 cm³/mol. The van der Waals surface area contributed by atoms with Crippen LogP contribution in [0.5, 0.6) is 5.75 Å². The Morgan fingerprint density at radius 3 is 2.84 bits per heavy atom. The number of rotatable bonds is 11. The van der Waals surface area contributed by atoms with E-state index in [-0.39, 0.29) is 29.6 Å². The number of carboxylic acids is 1. The molecule has 1 saturated heterocycles. The van der Waals surface area contributed by atoms with Gasteiger partial charge in [-0.1, -0.05) is 0 Å². The van der Waals surface area contributed by atoms with E-state index in [9.17, 15) is 23.8 Å². The van der Waals surface area contributed by atoms with Crippen molar-refractivity contribution in [3.8, 4) is 5.75 Å². The summed E-state index contributed by atoms with van der Waals surface area (Å²) < 4.78 is 33.8. The van der Waals surface area contributed by atoms with Crippen LogP contribution in [0.15, 0.2) is 47.8 Å². The molecule has 0 radical (unpaired) electrons. The number of pyridine rings is 2. The largest absolute Gasteiger partial charge is 0.497 e. The van der Waals surface area contributed by atoms with E-state index in [1.54, 1.807) is 30.5 Å². The second-order valence-electron chi connectivity index (χ2n) is 9.34. The first kappa shape index (κ1) is 27.2. The zero-order valence-corrected chi connectivity index (χ0v) is 21.5. The van der Waals surface area contributed by atoms with Crippen LogP contribution in [0.4, 0.5) is 8.78 Å². The van der Waals surface area contributed by atoms with Crippen LogP contribution in [0.3, 0.4) is 0 Å². The number of likely N-dealkylation sites (tertiary alicyclic amines) is 1. The number of aliphatic hydroxyl groups excluding tert-OH is 1. The highest BCUT2D eigenvalue weighted by Gasteiger charge is 2.31. The average molecular weight is 532 g/mol. The molecule has 10 heteroatoms. The minimum Gasteiger partial charge on any atom is -0.497 e. The number of aromatic nitrogens is 2. The minimum atomic E-state index is -1.05. The fraction of sp³-hybridized carbons (Fsp3) is 0.444. The maximum atomic E-state index is 14.8. The van der Waals surface area contributed by atoms with Crippen LogP contribution in [0.1, 0.15) is 37.4 Å². The quantitative estimate of drug-likeness (QED) is 0.336. The number of aliphatic hydroxyl groups is 1. The van der Waals surface area contributed by atoms with E-state index in [4.69, 9.17) is 4.74 Å². The molecule has 4 rings (SSSR count). The molecule has 1 aromatic carbocycles. The van der Waals surface area contributed by atoms with Gasteiger partial charge in [0.1, 0.15) is 16.6 Å². The number of thioether (sulfide) groups is 1. The third-order valence-corrected chi connectivity index (χ3v) is 7.96. The molecule has 2 aromatic heterocycles. The number of nitrogens with zero attached hydrogens (tertiary/aromatic N) is 3. The molecule has 3 heterocycles. The lowest BCUT2D eigenvalue weighted by molar-refractivity contribution is -0.139. The number of hydrogen-bond acceptors (Lipinski definition) is 7. The molecule has 7 nitrogen and oxygen atoms in total. The molecule has 3 atom stereocenters. The maximum Gasteiger partial charge on any atom is 0.303 e. The number of piperidine rings is 1. The summed E-state index contributed by atoms with van der Waals surface area (Å²) in [5, 5.41) is 21.3. The Morgan fingerprint density at radius 1 is 1.24 bits per heavy atom. The molecule has 2 unspecified atom stereocenters. The zero-order valence-electron chi connectivity index (χ0n) is 20.6. The van der Waals surface area contributed by atoms with Crippen LogP contribution < -0.4 is 4.74 Å². The Kier molecular flexibility index (Phi) is 9.28.